The minimum atomic E-state index is -3.45. The number of fused-ring (bicyclic) bond motifs is 1. The second kappa shape index (κ2) is 9.64. The third-order valence-corrected chi connectivity index (χ3v) is 6.93. The highest BCUT2D eigenvalue weighted by Gasteiger charge is 2.35. The molecule has 1 atom stereocenters. The molecule has 3 aromatic rings. The Morgan fingerprint density at radius 2 is 1.74 bits per heavy atom. The zero-order valence-corrected chi connectivity index (χ0v) is 20.4. The quantitative estimate of drug-likeness (QED) is 0.479. The van der Waals surface area contributed by atoms with Crippen molar-refractivity contribution in [1.82, 2.24) is 4.90 Å². The van der Waals surface area contributed by atoms with Crippen molar-refractivity contribution in [2.24, 2.45) is 4.99 Å². The Balaban J connectivity index is 1.52. The van der Waals surface area contributed by atoms with Crippen molar-refractivity contribution in [2.75, 3.05) is 29.4 Å². The molecule has 5 rings (SSSR count). The summed E-state index contributed by atoms with van der Waals surface area (Å²) in [7, 11) is -3.45. The fourth-order valence-corrected chi connectivity index (χ4v) is 5.28. The largest absolute Gasteiger partial charge is 0.325 e. The zero-order valence-electron chi connectivity index (χ0n) is 19.6. The summed E-state index contributed by atoms with van der Waals surface area (Å²) in [6, 6.07) is 22.9. The van der Waals surface area contributed by atoms with Gasteiger partial charge in [-0.25, -0.2) is 8.42 Å². The second-order valence-electron chi connectivity index (χ2n) is 9.11. The van der Waals surface area contributed by atoms with Crippen molar-refractivity contribution in [3.05, 3.63) is 89.5 Å². The molecule has 1 amide bonds. The molecule has 0 radical (unpaired) electrons. The highest BCUT2D eigenvalue weighted by Crippen LogP contribution is 2.38. The van der Waals surface area contributed by atoms with Gasteiger partial charge in [-0.1, -0.05) is 42.5 Å². The van der Waals surface area contributed by atoms with E-state index in [9.17, 15) is 13.2 Å². The summed E-state index contributed by atoms with van der Waals surface area (Å²) in [5.74, 6) is -0.859. The number of likely N-dealkylation sites (tertiary alicyclic amines) is 1. The van der Waals surface area contributed by atoms with E-state index in [1.807, 2.05) is 42.5 Å². The number of carbonyl (C=O) groups excluding carboxylic acids is 1. The number of benzene rings is 3. The molecule has 1 unspecified atom stereocenters. The average molecular weight is 489 g/mol. The van der Waals surface area contributed by atoms with E-state index in [0.717, 1.165) is 37.1 Å². The molecule has 3 aromatic carbocycles. The minimum absolute atomic E-state index is 0.190. The number of hydrogen-bond donors (Lipinski definition) is 2. The van der Waals surface area contributed by atoms with Gasteiger partial charge in [0.2, 0.25) is 15.9 Å². The molecule has 180 valence electrons. The van der Waals surface area contributed by atoms with E-state index in [0.29, 0.717) is 22.6 Å². The summed E-state index contributed by atoms with van der Waals surface area (Å²) in [6.45, 7) is 3.22. The molecule has 0 spiro atoms. The Labute approximate surface area is 205 Å². The van der Waals surface area contributed by atoms with Crippen LogP contribution < -0.4 is 10.0 Å². The smallest absolute Gasteiger partial charge is 0.238 e. The number of nitrogens with zero attached hydrogens (tertiary/aromatic N) is 2. The van der Waals surface area contributed by atoms with Crippen LogP contribution in [0.1, 0.15) is 35.4 Å². The molecular formula is C27H28N4O3S. The van der Waals surface area contributed by atoms with Gasteiger partial charge >= 0.3 is 0 Å². The SMILES string of the molecule is CS(=O)(=O)Nc1ccc2c(c1)C(C(=Nc1ccc(CN3CCCC3)cc1)c1ccccc1)C(=O)N2. The van der Waals surface area contributed by atoms with E-state index in [-0.39, 0.29) is 5.91 Å². The van der Waals surface area contributed by atoms with Crippen molar-refractivity contribution < 1.29 is 13.2 Å². The van der Waals surface area contributed by atoms with E-state index in [2.05, 4.69) is 27.1 Å². The van der Waals surface area contributed by atoms with Crippen LogP contribution in [-0.2, 0) is 21.4 Å². The standard InChI is InChI=1S/C27H28N4O3S/c1-35(33,34)30-22-13-14-24-23(17-22)25(27(32)29-24)26(20-7-3-2-4-8-20)28-21-11-9-19(10-12-21)18-31-15-5-6-16-31/h2-4,7-14,17,25,30H,5-6,15-16,18H2,1H3,(H,29,32). The van der Waals surface area contributed by atoms with Gasteiger partial charge in [-0.3, -0.25) is 19.4 Å². The highest BCUT2D eigenvalue weighted by atomic mass is 32.2. The summed E-state index contributed by atoms with van der Waals surface area (Å²) < 4.78 is 26.0. The van der Waals surface area contributed by atoms with Crippen molar-refractivity contribution in [2.45, 2.75) is 25.3 Å². The lowest BCUT2D eigenvalue weighted by Crippen LogP contribution is -2.22. The van der Waals surface area contributed by atoms with E-state index in [1.165, 1.54) is 18.4 Å². The topological polar surface area (TPSA) is 90.9 Å². The normalized spacial score (nSPS) is 18.4. The van der Waals surface area contributed by atoms with Crippen LogP contribution in [0.25, 0.3) is 0 Å². The Morgan fingerprint density at radius 3 is 2.43 bits per heavy atom. The molecule has 7 nitrogen and oxygen atoms in total. The third-order valence-electron chi connectivity index (χ3n) is 6.32. The molecule has 8 heteroatoms. The fraction of sp³-hybridized carbons (Fsp3) is 0.259. The molecule has 0 aliphatic carbocycles. The fourth-order valence-electron chi connectivity index (χ4n) is 4.73. The van der Waals surface area contributed by atoms with E-state index in [1.54, 1.807) is 18.2 Å². The summed E-state index contributed by atoms with van der Waals surface area (Å²) in [5.41, 5.74) is 5.22. The van der Waals surface area contributed by atoms with Crippen molar-refractivity contribution >= 4 is 38.7 Å². The Morgan fingerprint density at radius 1 is 1.03 bits per heavy atom. The predicted molar refractivity (Wildman–Crippen MR) is 140 cm³/mol. The van der Waals surface area contributed by atoms with E-state index >= 15 is 0 Å². The first kappa shape index (κ1) is 23.3. The Bertz CT molecular complexity index is 1360. The number of amides is 1. The molecule has 2 aliphatic rings. The van der Waals surface area contributed by atoms with Gasteiger partial charge in [0.15, 0.2) is 0 Å². The van der Waals surface area contributed by atoms with Crippen LogP contribution in [0.15, 0.2) is 77.8 Å². The van der Waals surface area contributed by atoms with Crippen molar-refractivity contribution in [3.63, 3.8) is 0 Å². The first-order valence-corrected chi connectivity index (χ1v) is 13.6. The Hall–Kier alpha value is -3.49. The monoisotopic (exact) mass is 488 g/mol. The van der Waals surface area contributed by atoms with Crippen LogP contribution in [-0.4, -0.2) is 44.3 Å². The molecule has 2 heterocycles. The van der Waals surface area contributed by atoms with Crippen molar-refractivity contribution in [3.8, 4) is 0 Å². The second-order valence-corrected chi connectivity index (χ2v) is 10.9. The van der Waals surface area contributed by atoms with Gasteiger partial charge in [0.1, 0.15) is 5.92 Å². The van der Waals surface area contributed by atoms with Crippen molar-refractivity contribution in [1.29, 1.82) is 0 Å². The van der Waals surface area contributed by atoms with Gasteiger partial charge < -0.3 is 5.32 Å². The summed E-state index contributed by atoms with van der Waals surface area (Å²) in [5, 5.41) is 2.92. The lowest BCUT2D eigenvalue weighted by molar-refractivity contribution is -0.115. The maximum atomic E-state index is 13.1. The summed E-state index contributed by atoms with van der Waals surface area (Å²) in [4.78, 5) is 20.5. The summed E-state index contributed by atoms with van der Waals surface area (Å²) in [6.07, 6.45) is 3.62. The lowest BCUT2D eigenvalue weighted by Gasteiger charge is -2.16. The number of carbonyl (C=O) groups is 1. The van der Waals surface area contributed by atoms with Gasteiger partial charge in [0.25, 0.3) is 0 Å². The number of sulfonamides is 1. The highest BCUT2D eigenvalue weighted by molar-refractivity contribution is 7.92. The van der Waals surface area contributed by atoms with Crippen LogP contribution in [0.5, 0.6) is 0 Å². The van der Waals surface area contributed by atoms with Crippen LogP contribution in [0, 0.1) is 0 Å². The molecule has 0 aromatic heterocycles. The number of anilines is 2. The number of aliphatic imine (C=N–C) groups is 1. The molecule has 35 heavy (non-hydrogen) atoms. The molecule has 2 N–H and O–H groups in total. The molecule has 2 aliphatic heterocycles. The van der Waals surface area contributed by atoms with Crippen LogP contribution in [0.4, 0.5) is 17.1 Å². The molecule has 0 saturated carbocycles. The molecule has 1 saturated heterocycles. The minimum Gasteiger partial charge on any atom is -0.325 e. The maximum absolute atomic E-state index is 13.1. The predicted octanol–water partition coefficient (Wildman–Crippen LogP) is 4.51. The van der Waals surface area contributed by atoms with E-state index < -0.39 is 15.9 Å². The summed E-state index contributed by atoms with van der Waals surface area (Å²) >= 11 is 0. The first-order valence-electron chi connectivity index (χ1n) is 11.7. The van der Waals surface area contributed by atoms with Gasteiger partial charge in [-0.05, 0) is 73.0 Å². The van der Waals surface area contributed by atoms with Gasteiger partial charge in [0.05, 0.1) is 17.7 Å². The number of nitrogens with one attached hydrogen (secondary N) is 2. The molecule has 1 fully saturated rings. The van der Waals surface area contributed by atoms with Crippen LogP contribution >= 0.6 is 0 Å². The van der Waals surface area contributed by atoms with E-state index in [4.69, 9.17) is 4.99 Å². The Kier molecular flexibility index (Phi) is 6.40. The van der Waals surface area contributed by atoms with Gasteiger partial charge in [-0.15, -0.1) is 0 Å². The lowest BCUT2D eigenvalue weighted by atomic mass is 9.90. The zero-order chi connectivity index (χ0) is 24.4. The van der Waals surface area contributed by atoms with Gasteiger partial charge in [0, 0.05) is 17.9 Å². The third kappa shape index (κ3) is 5.44. The number of hydrogen-bond acceptors (Lipinski definition) is 5. The average Bonchev–Trinajstić information content (AvgIpc) is 3.45. The number of rotatable bonds is 7. The van der Waals surface area contributed by atoms with Crippen LogP contribution in [0.2, 0.25) is 0 Å². The van der Waals surface area contributed by atoms with Gasteiger partial charge in [-0.2, -0.15) is 0 Å². The van der Waals surface area contributed by atoms with Crippen LogP contribution in [0.3, 0.4) is 0 Å². The molecular weight excluding hydrogens is 460 g/mol. The first-order chi connectivity index (χ1) is 16.9. The maximum Gasteiger partial charge on any atom is 0.238 e. The molecule has 0 bridgehead atoms.